The van der Waals surface area contributed by atoms with Gasteiger partial charge >= 0.3 is 0 Å². The minimum Gasteiger partial charge on any atom is -0.267 e. The Morgan fingerprint density at radius 1 is 1.39 bits per heavy atom. The van der Waals surface area contributed by atoms with Gasteiger partial charge in [0.05, 0.1) is 28.1 Å². The number of hydrogen-bond donors (Lipinski definition) is 0. The molecular weight excluding hydrogens is 362 g/mol. The Hall–Kier alpha value is -0.690. The van der Waals surface area contributed by atoms with Crippen LogP contribution in [0.15, 0.2) is 10.7 Å². The molecule has 0 atom stereocenters. The Bertz CT molecular complexity index is 532. The van der Waals surface area contributed by atoms with E-state index < -0.39 is 0 Å². The van der Waals surface area contributed by atoms with Crippen LogP contribution in [-0.4, -0.2) is 30.1 Å². The van der Waals surface area contributed by atoms with Gasteiger partial charge in [-0.05, 0) is 29.8 Å². The van der Waals surface area contributed by atoms with Crippen LogP contribution >= 0.6 is 31.9 Å². The third kappa shape index (κ3) is 2.83. The number of hydrogen-bond acceptors (Lipinski definition) is 3. The molecule has 0 N–H and O–H groups in total. The summed E-state index contributed by atoms with van der Waals surface area (Å²) in [6.07, 6.45) is 2.88. The molecule has 0 aliphatic heterocycles. The van der Waals surface area contributed by atoms with Gasteiger partial charge in [0, 0.05) is 24.5 Å². The predicted octanol–water partition coefficient (Wildman–Crippen LogP) is 2.55. The molecule has 0 radical (unpaired) electrons. The zero-order valence-corrected chi connectivity index (χ0v) is 13.6. The maximum Gasteiger partial charge on any atom is 0.0857 e. The zero-order valence-electron chi connectivity index (χ0n) is 10.4. The van der Waals surface area contributed by atoms with Crippen LogP contribution in [0.5, 0.6) is 0 Å². The van der Waals surface area contributed by atoms with E-state index in [0.717, 1.165) is 39.9 Å². The average Bonchev–Trinajstić information content (AvgIpc) is 2.90. The molecule has 0 unspecified atom stereocenters. The van der Waals surface area contributed by atoms with Crippen molar-refractivity contribution < 1.29 is 0 Å². The molecule has 2 rings (SSSR count). The van der Waals surface area contributed by atoms with Gasteiger partial charge in [0.1, 0.15) is 0 Å². The first kappa shape index (κ1) is 13.7. The van der Waals surface area contributed by atoms with Gasteiger partial charge in [-0.3, -0.25) is 4.68 Å². The van der Waals surface area contributed by atoms with Crippen LogP contribution in [0.4, 0.5) is 0 Å². The van der Waals surface area contributed by atoms with Gasteiger partial charge in [-0.1, -0.05) is 21.1 Å². The van der Waals surface area contributed by atoms with Gasteiger partial charge in [0.25, 0.3) is 0 Å². The van der Waals surface area contributed by atoms with Crippen molar-refractivity contribution in [3.8, 4) is 0 Å². The zero-order chi connectivity index (χ0) is 13.1. The molecule has 0 saturated heterocycles. The van der Waals surface area contributed by atoms with Crippen molar-refractivity contribution in [2.24, 2.45) is 0 Å². The van der Waals surface area contributed by atoms with E-state index in [1.165, 1.54) is 0 Å². The molecule has 2 aromatic heterocycles. The summed E-state index contributed by atoms with van der Waals surface area (Å²) < 4.78 is 4.90. The van der Waals surface area contributed by atoms with E-state index in [-0.39, 0.29) is 0 Å². The highest BCUT2D eigenvalue weighted by molar-refractivity contribution is 9.10. The van der Waals surface area contributed by atoms with E-state index in [0.29, 0.717) is 6.54 Å². The number of halogens is 2. The summed E-state index contributed by atoms with van der Waals surface area (Å²) in [4.78, 5) is 0. The molecular formula is C11H15Br2N5. The van der Waals surface area contributed by atoms with Crippen LogP contribution in [0.1, 0.15) is 24.0 Å². The van der Waals surface area contributed by atoms with Crippen LogP contribution in [0.2, 0.25) is 0 Å². The third-order valence-electron chi connectivity index (χ3n) is 2.70. The lowest BCUT2D eigenvalue weighted by atomic mass is 10.3. The van der Waals surface area contributed by atoms with Crippen LogP contribution in [0.3, 0.4) is 0 Å². The minimum absolute atomic E-state index is 0.685. The highest BCUT2D eigenvalue weighted by Gasteiger charge is 2.13. The van der Waals surface area contributed by atoms with Gasteiger partial charge in [0.15, 0.2) is 0 Å². The van der Waals surface area contributed by atoms with Gasteiger partial charge in [-0.25, -0.2) is 4.68 Å². The Morgan fingerprint density at radius 2 is 2.17 bits per heavy atom. The monoisotopic (exact) mass is 375 g/mol. The number of nitrogens with zero attached hydrogens (tertiary/aromatic N) is 5. The van der Waals surface area contributed by atoms with Gasteiger partial charge in [-0.15, -0.1) is 5.10 Å². The summed E-state index contributed by atoms with van der Waals surface area (Å²) in [5.74, 6) is 0. The largest absolute Gasteiger partial charge is 0.267 e. The SMILES string of the molecule is CCn1nc(C)c(Br)c1Cn1cc(CCBr)nn1. The maximum absolute atomic E-state index is 4.47. The lowest BCUT2D eigenvalue weighted by Crippen LogP contribution is -2.09. The minimum atomic E-state index is 0.685. The second kappa shape index (κ2) is 5.97. The van der Waals surface area contributed by atoms with E-state index >= 15 is 0 Å². The first-order valence-corrected chi connectivity index (χ1v) is 7.74. The molecule has 0 aliphatic carbocycles. The normalized spacial score (nSPS) is 11.1. The van der Waals surface area contributed by atoms with Crippen molar-refractivity contribution in [3.05, 3.63) is 27.8 Å². The van der Waals surface area contributed by atoms with Gasteiger partial charge in [0.2, 0.25) is 0 Å². The van der Waals surface area contributed by atoms with Gasteiger partial charge in [-0.2, -0.15) is 5.10 Å². The van der Waals surface area contributed by atoms with Crippen molar-refractivity contribution in [2.45, 2.75) is 33.4 Å². The fourth-order valence-corrected chi connectivity index (χ4v) is 2.62. The lowest BCUT2D eigenvalue weighted by Gasteiger charge is -2.04. The van der Waals surface area contributed by atoms with E-state index in [1.54, 1.807) is 0 Å². The Labute approximate surface area is 123 Å². The molecule has 98 valence electrons. The third-order valence-corrected chi connectivity index (χ3v) is 4.13. The Kier molecular flexibility index (Phi) is 4.55. The fourth-order valence-electron chi connectivity index (χ4n) is 1.80. The summed E-state index contributed by atoms with van der Waals surface area (Å²) in [6.45, 7) is 5.62. The summed E-state index contributed by atoms with van der Waals surface area (Å²) in [6, 6.07) is 0. The molecule has 0 aromatic carbocycles. The molecule has 0 bridgehead atoms. The summed E-state index contributed by atoms with van der Waals surface area (Å²) in [5, 5.41) is 13.6. The van der Waals surface area contributed by atoms with Crippen molar-refractivity contribution in [1.82, 2.24) is 24.8 Å². The van der Waals surface area contributed by atoms with Crippen LogP contribution < -0.4 is 0 Å². The maximum atomic E-state index is 4.47. The molecule has 7 heteroatoms. The van der Waals surface area contributed by atoms with Crippen molar-refractivity contribution in [2.75, 3.05) is 5.33 Å². The molecule has 2 heterocycles. The van der Waals surface area contributed by atoms with E-state index in [9.17, 15) is 0 Å². The second-order valence-corrected chi connectivity index (χ2v) is 5.59. The topological polar surface area (TPSA) is 48.5 Å². The molecule has 0 amide bonds. The van der Waals surface area contributed by atoms with Crippen LogP contribution in [0.25, 0.3) is 0 Å². The number of aryl methyl sites for hydroxylation is 3. The van der Waals surface area contributed by atoms with E-state index in [2.05, 4.69) is 54.2 Å². The highest BCUT2D eigenvalue weighted by Crippen LogP contribution is 2.21. The molecule has 0 spiro atoms. The molecule has 0 fully saturated rings. The quantitative estimate of drug-likeness (QED) is 0.753. The van der Waals surface area contributed by atoms with Gasteiger partial charge < -0.3 is 0 Å². The number of rotatable bonds is 5. The van der Waals surface area contributed by atoms with Crippen molar-refractivity contribution in [3.63, 3.8) is 0 Å². The fraction of sp³-hybridized carbons (Fsp3) is 0.545. The highest BCUT2D eigenvalue weighted by atomic mass is 79.9. The summed E-state index contributed by atoms with van der Waals surface area (Å²) in [5.41, 5.74) is 3.14. The lowest BCUT2D eigenvalue weighted by molar-refractivity contribution is 0.563. The summed E-state index contributed by atoms with van der Waals surface area (Å²) in [7, 11) is 0. The standard InChI is InChI=1S/C11H15Br2N5/c1-3-18-10(11(13)8(2)15-18)7-17-6-9(4-5-12)14-16-17/h6H,3-5,7H2,1-2H3. The first-order chi connectivity index (χ1) is 8.65. The molecule has 18 heavy (non-hydrogen) atoms. The Morgan fingerprint density at radius 3 is 2.83 bits per heavy atom. The average molecular weight is 377 g/mol. The molecule has 0 aliphatic rings. The second-order valence-electron chi connectivity index (χ2n) is 4.01. The smallest absolute Gasteiger partial charge is 0.0857 e. The van der Waals surface area contributed by atoms with Crippen molar-refractivity contribution in [1.29, 1.82) is 0 Å². The van der Waals surface area contributed by atoms with Crippen LogP contribution in [0, 0.1) is 6.92 Å². The number of aromatic nitrogens is 5. The van der Waals surface area contributed by atoms with E-state index in [1.807, 2.05) is 22.5 Å². The Balaban J connectivity index is 2.22. The van der Waals surface area contributed by atoms with E-state index in [4.69, 9.17) is 0 Å². The molecule has 5 nitrogen and oxygen atoms in total. The first-order valence-electron chi connectivity index (χ1n) is 5.82. The van der Waals surface area contributed by atoms with Crippen molar-refractivity contribution >= 4 is 31.9 Å². The van der Waals surface area contributed by atoms with Crippen LogP contribution in [-0.2, 0) is 19.5 Å². The number of alkyl halides is 1. The summed E-state index contributed by atoms with van der Waals surface area (Å²) >= 11 is 6.99. The predicted molar refractivity (Wildman–Crippen MR) is 77.0 cm³/mol. The molecule has 2 aromatic rings. The molecule has 0 saturated carbocycles.